The van der Waals surface area contributed by atoms with Crippen LogP contribution < -0.4 is 27.0 Å². The Morgan fingerprint density at radius 2 is 1.88 bits per heavy atom. The Balaban J connectivity index is 1.42. The summed E-state index contributed by atoms with van der Waals surface area (Å²) in [5, 5.41) is 17.3. The molecule has 3 aromatic rings. The number of rotatable bonds is 4. The number of allylic oxidation sites excluding steroid dienone is 1. The highest BCUT2D eigenvalue weighted by Crippen LogP contribution is 2.29. The number of fused-ring (bicyclic) bond motifs is 1. The zero-order chi connectivity index (χ0) is 23.8. The molecule has 11 nitrogen and oxygen atoms in total. The maximum absolute atomic E-state index is 12.8. The van der Waals surface area contributed by atoms with Crippen LogP contribution in [0.25, 0.3) is 11.0 Å². The first-order valence-corrected chi connectivity index (χ1v) is 11.2. The van der Waals surface area contributed by atoms with Gasteiger partial charge >= 0.3 is 5.69 Å². The number of benzene rings is 1. The molecular weight excluding hydrogens is 436 g/mol. The standard InChI is InChI=1S/C23H26N8O3/c1-13-2-7-17(32)18(19(13)33)31-20(24)16-12-26-22(28-21(16)29-23(31)34)27-14-3-5-15(6-4-14)30-10-8-25-9-11-30/h2-7,12-13,18-19,25,33H,8-11,24H2,1H3,(H,27,28,29,34). The number of aliphatic hydroxyl groups excluding tert-OH is 1. The second kappa shape index (κ2) is 8.84. The average Bonchev–Trinajstić information content (AvgIpc) is 2.84. The van der Waals surface area contributed by atoms with Gasteiger partial charge in [0.1, 0.15) is 11.9 Å². The van der Waals surface area contributed by atoms with Gasteiger partial charge in [-0.3, -0.25) is 9.36 Å². The summed E-state index contributed by atoms with van der Waals surface area (Å²) in [6.07, 6.45) is 3.32. The van der Waals surface area contributed by atoms with Gasteiger partial charge in [-0.15, -0.1) is 0 Å². The van der Waals surface area contributed by atoms with Crippen LogP contribution in [-0.4, -0.2) is 62.7 Å². The number of nitrogens with one attached hydrogen (secondary N) is 2. The van der Waals surface area contributed by atoms with E-state index >= 15 is 0 Å². The first-order valence-electron chi connectivity index (χ1n) is 11.2. The molecule has 5 rings (SSSR count). The Kier molecular flexibility index (Phi) is 5.72. The van der Waals surface area contributed by atoms with Crippen LogP contribution in [0, 0.1) is 5.92 Å². The number of anilines is 4. The van der Waals surface area contributed by atoms with Crippen LogP contribution in [0.4, 0.5) is 23.1 Å². The number of carbonyl (C=O) groups excluding carboxylic acids is 1. The molecule has 3 atom stereocenters. The monoisotopic (exact) mass is 462 g/mol. The predicted octanol–water partition coefficient (Wildman–Crippen LogP) is 0.599. The quantitative estimate of drug-likeness (QED) is 0.434. The highest BCUT2D eigenvalue weighted by atomic mass is 16.3. The van der Waals surface area contributed by atoms with Crippen molar-refractivity contribution in [2.24, 2.45) is 5.92 Å². The number of hydrogen-bond donors (Lipinski definition) is 4. The molecule has 0 saturated carbocycles. The summed E-state index contributed by atoms with van der Waals surface area (Å²) < 4.78 is 1.03. The van der Waals surface area contributed by atoms with Gasteiger partial charge in [-0.05, 0) is 30.3 Å². The normalized spacial score (nSPS) is 22.8. The van der Waals surface area contributed by atoms with Gasteiger partial charge in [0.15, 0.2) is 11.4 Å². The van der Waals surface area contributed by atoms with Crippen molar-refractivity contribution in [3.63, 3.8) is 0 Å². The van der Waals surface area contributed by atoms with Crippen LogP contribution in [-0.2, 0) is 4.79 Å². The van der Waals surface area contributed by atoms with Crippen molar-refractivity contribution in [1.29, 1.82) is 0 Å². The lowest BCUT2D eigenvalue weighted by atomic mass is 9.89. The van der Waals surface area contributed by atoms with Gasteiger partial charge in [-0.2, -0.15) is 9.97 Å². The van der Waals surface area contributed by atoms with E-state index in [9.17, 15) is 14.7 Å². The maximum atomic E-state index is 12.8. The summed E-state index contributed by atoms with van der Waals surface area (Å²) in [6.45, 7) is 5.61. The molecule has 0 amide bonds. The Morgan fingerprint density at radius 1 is 1.15 bits per heavy atom. The van der Waals surface area contributed by atoms with Crippen molar-refractivity contribution in [2.45, 2.75) is 19.1 Å². The van der Waals surface area contributed by atoms with E-state index in [0.717, 1.165) is 42.1 Å². The molecule has 1 fully saturated rings. The second-order valence-corrected chi connectivity index (χ2v) is 8.55. The van der Waals surface area contributed by atoms with Gasteiger partial charge in [-0.25, -0.2) is 9.78 Å². The summed E-state index contributed by atoms with van der Waals surface area (Å²) in [7, 11) is 0. The lowest BCUT2D eigenvalue weighted by Crippen LogP contribution is -2.43. The van der Waals surface area contributed by atoms with Crippen LogP contribution in [0.3, 0.4) is 0 Å². The van der Waals surface area contributed by atoms with Gasteiger partial charge in [0.05, 0.1) is 11.5 Å². The SMILES string of the molecule is CC1C=CC(=O)C(n2c(N)c3cnc(Nc4ccc(N5CCNCC5)cc4)nc3nc2=O)C1O. The van der Waals surface area contributed by atoms with Crippen molar-refractivity contribution in [2.75, 3.05) is 42.1 Å². The summed E-state index contributed by atoms with van der Waals surface area (Å²) in [6, 6.07) is 6.80. The molecule has 1 aliphatic heterocycles. The molecule has 1 saturated heterocycles. The second-order valence-electron chi connectivity index (χ2n) is 8.55. The highest BCUT2D eigenvalue weighted by molar-refractivity contribution is 5.96. The summed E-state index contributed by atoms with van der Waals surface area (Å²) >= 11 is 0. The predicted molar refractivity (Wildman–Crippen MR) is 129 cm³/mol. The molecular formula is C23H26N8O3. The van der Waals surface area contributed by atoms with E-state index in [4.69, 9.17) is 5.73 Å². The third-order valence-electron chi connectivity index (χ3n) is 6.31. The molecule has 0 radical (unpaired) electrons. The van der Waals surface area contributed by atoms with E-state index in [0.29, 0.717) is 5.39 Å². The number of aliphatic hydroxyl groups is 1. The molecule has 1 aliphatic carbocycles. The Morgan fingerprint density at radius 3 is 2.62 bits per heavy atom. The number of piperazine rings is 1. The maximum Gasteiger partial charge on any atom is 0.351 e. The zero-order valence-corrected chi connectivity index (χ0v) is 18.7. The molecule has 5 N–H and O–H groups in total. The molecule has 2 aliphatic rings. The van der Waals surface area contributed by atoms with E-state index < -0.39 is 23.6 Å². The average molecular weight is 463 g/mol. The Hall–Kier alpha value is -3.83. The van der Waals surface area contributed by atoms with Crippen molar-refractivity contribution in [1.82, 2.24) is 24.8 Å². The molecule has 3 heterocycles. The summed E-state index contributed by atoms with van der Waals surface area (Å²) in [5.41, 5.74) is 7.52. The van der Waals surface area contributed by atoms with Crippen molar-refractivity contribution in [3.8, 4) is 0 Å². The van der Waals surface area contributed by atoms with Crippen LogP contribution in [0.5, 0.6) is 0 Å². The number of nitrogens with zero attached hydrogens (tertiary/aromatic N) is 5. The molecule has 11 heteroatoms. The third-order valence-corrected chi connectivity index (χ3v) is 6.31. The van der Waals surface area contributed by atoms with Gasteiger partial charge < -0.3 is 26.4 Å². The van der Waals surface area contributed by atoms with Gasteiger partial charge in [0.2, 0.25) is 5.95 Å². The minimum atomic E-state index is -1.14. The number of ketones is 1. The first kappa shape index (κ1) is 22.0. The van der Waals surface area contributed by atoms with Crippen molar-refractivity contribution < 1.29 is 9.90 Å². The lowest BCUT2D eigenvalue weighted by molar-refractivity contribution is -0.122. The molecule has 3 unspecified atom stereocenters. The number of nitrogen functional groups attached to an aromatic ring is 1. The Bertz CT molecular complexity index is 1310. The number of hydrogen-bond acceptors (Lipinski definition) is 10. The van der Waals surface area contributed by atoms with E-state index in [-0.39, 0.29) is 23.3 Å². The van der Waals surface area contributed by atoms with Crippen LogP contribution >= 0.6 is 0 Å². The van der Waals surface area contributed by atoms with Gasteiger partial charge in [0.25, 0.3) is 0 Å². The van der Waals surface area contributed by atoms with Gasteiger partial charge in [-0.1, -0.05) is 13.0 Å². The van der Waals surface area contributed by atoms with E-state index in [1.165, 1.54) is 12.3 Å². The van der Waals surface area contributed by atoms with Crippen molar-refractivity contribution in [3.05, 3.63) is 53.1 Å². The van der Waals surface area contributed by atoms with E-state index in [2.05, 4.69) is 30.5 Å². The number of carbonyl (C=O) groups is 1. The van der Waals surface area contributed by atoms with Crippen LogP contribution in [0.2, 0.25) is 0 Å². The number of aromatic nitrogens is 4. The lowest BCUT2D eigenvalue weighted by Gasteiger charge is -2.30. The fourth-order valence-corrected chi connectivity index (χ4v) is 4.35. The highest BCUT2D eigenvalue weighted by Gasteiger charge is 2.36. The van der Waals surface area contributed by atoms with Crippen molar-refractivity contribution >= 4 is 40.0 Å². The summed E-state index contributed by atoms with van der Waals surface area (Å²) in [4.78, 5) is 40.2. The van der Waals surface area contributed by atoms with Gasteiger partial charge in [0, 0.05) is 49.7 Å². The minimum Gasteiger partial charge on any atom is -0.390 e. The van der Waals surface area contributed by atoms with Crippen LogP contribution in [0.15, 0.2) is 47.4 Å². The fraction of sp³-hybridized carbons (Fsp3) is 0.348. The molecule has 0 bridgehead atoms. The van der Waals surface area contributed by atoms with E-state index in [1.807, 2.05) is 24.3 Å². The molecule has 0 spiro atoms. The molecule has 1 aromatic carbocycles. The molecule has 176 valence electrons. The topological polar surface area (TPSA) is 151 Å². The smallest absolute Gasteiger partial charge is 0.351 e. The zero-order valence-electron chi connectivity index (χ0n) is 18.7. The largest absolute Gasteiger partial charge is 0.390 e. The Labute approximate surface area is 195 Å². The number of nitrogens with two attached hydrogens (primary N) is 1. The fourth-order valence-electron chi connectivity index (χ4n) is 4.35. The minimum absolute atomic E-state index is 0.0122. The third kappa shape index (κ3) is 3.99. The van der Waals surface area contributed by atoms with Crippen LogP contribution in [0.1, 0.15) is 13.0 Å². The molecule has 34 heavy (non-hydrogen) atoms. The first-order chi connectivity index (χ1) is 16.4. The van der Waals surface area contributed by atoms with E-state index in [1.54, 1.807) is 13.0 Å². The summed E-state index contributed by atoms with van der Waals surface area (Å²) in [5.74, 6) is -0.479. The molecule has 2 aromatic heterocycles.